The van der Waals surface area contributed by atoms with Crippen LogP contribution in [0.25, 0.3) is 0 Å². The summed E-state index contributed by atoms with van der Waals surface area (Å²) in [6.07, 6.45) is 4.72. The first-order chi connectivity index (χ1) is 16.7. The van der Waals surface area contributed by atoms with Crippen LogP contribution in [0.1, 0.15) is 50.7 Å². The third-order valence-corrected chi connectivity index (χ3v) is 6.77. The summed E-state index contributed by atoms with van der Waals surface area (Å²) in [7, 11) is 10.7. The molecule has 0 bridgehead atoms. The first-order valence-electron chi connectivity index (χ1n) is 13.1. The van der Waals surface area contributed by atoms with Crippen molar-refractivity contribution in [1.29, 1.82) is 0 Å². The normalized spacial score (nSPS) is 11.6. The Morgan fingerprint density at radius 3 is 1.97 bits per heavy atom. The van der Waals surface area contributed by atoms with E-state index in [4.69, 9.17) is 4.74 Å². The molecule has 2 aromatic carbocycles. The van der Waals surface area contributed by atoms with E-state index in [1.807, 2.05) is 0 Å². The molecular weight excluding hydrogens is 452 g/mol. The van der Waals surface area contributed by atoms with Crippen LogP contribution in [0.4, 0.5) is 5.69 Å². The highest BCUT2D eigenvalue weighted by Gasteiger charge is 2.20. The average molecular weight is 501 g/mol. The number of unbranched alkanes of at least 4 members (excludes halogenated alkanes) is 2. The molecule has 0 N–H and O–H groups in total. The Morgan fingerprint density at radius 2 is 1.43 bits per heavy atom. The van der Waals surface area contributed by atoms with Gasteiger partial charge in [-0.25, -0.2) is 0 Å². The van der Waals surface area contributed by atoms with Gasteiger partial charge in [0, 0.05) is 32.7 Å². The zero-order valence-corrected chi connectivity index (χ0v) is 24.2. The Morgan fingerprint density at radius 1 is 0.800 bits per heavy atom. The highest BCUT2D eigenvalue weighted by atomic mass is 32.2. The Balaban J connectivity index is 2.54. The summed E-state index contributed by atoms with van der Waals surface area (Å²) < 4.78 is 8.82. The molecule has 0 radical (unpaired) electrons. The molecule has 0 aliphatic carbocycles. The van der Waals surface area contributed by atoms with Crippen molar-refractivity contribution in [2.24, 2.45) is 0 Å². The predicted octanol–water partition coefficient (Wildman–Crippen LogP) is 6.76. The lowest BCUT2D eigenvalue weighted by atomic mass is 10.1. The van der Waals surface area contributed by atoms with Gasteiger partial charge >= 0.3 is 0 Å². The van der Waals surface area contributed by atoms with E-state index in [2.05, 4.69) is 111 Å². The van der Waals surface area contributed by atoms with Crippen molar-refractivity contribution in [3.05, 3.63) is 47.5 Å². The topological polar surface area (TPSA) is 22.2 Å². The summed E-state index contributed by atoms with van der Waals surface area (Å²) in [6.45, 7) is 11.8. The molecule has 196 valence electrons. The molecule has 0 atom stereocenters. The molecule has 2 rings (SSSR count). The number of likely N-dealkylation sites (N-methyl/N-ethyl adjacent to an activating group) is 2. The third kappa shape index (κ3) is 10.4. The van der Waals surface area contributed by atoms with Crippen LogP contribution in [0.3, 0.4) is 0 Å². The molecule has 0 spiro atoms. The molecule has 0 saturated heterocycles. The summed E-state index contributed by atoms with van der Waals surface area (Å²) in [6, 6.07) is 13.1. The monoisotopic (exact) mass is 500 g/mol. The minimum Gasteiger partial charge on any atom is -0.454 e. The lowest BCUT2D eigenvalue weighted by molar-refractivity contribution is 0.276. The number of hydrogen-bond donors (Lipinski definition) is 0. The van der Waals surface area contributed by atoms with Crippen LogP contribution in [-0.2, 0) is 6.54 Å². The highest BCUT2D eigenvalue weighted by molar-refractivity contribution is 7.97. The maximum atomic E-state index is 6.67. The van der Waals surface area contributed by atoms with E-state index in [-0.39, 0.29) is 0 Å². The smallest absolute Gasteiger partial charge is 0.165 e. The lowest BCUT2D eigenvalue weighted by Crippen LogP contribution is -2.29. The molecule has 0 aliphatic rings. The van der Waals surface area contributed by atoms with E-state index >= 15 is 0 Å². The van der Waals surface area contributed by atoms with Gasteiger partial charge in [0.25, 0.3) is 0 Å². The van der Waals surface area contributed by atoms with Crippen molar-refractivity contribution in [3.8, 4) is 11.5 Å². The van der Waals surface area contributed by atoms with Crippen molar-refractivity contribution >= 4 is 17.6 Å². The van der Waals surface area contributed by atoms with Gasteiger partial charge in [-0.3, -0.25) is 4.31 Å². The average Bonchev–Trinajstić information content (AvgIpc) is 2.80. The molecule has 35 heavy (non-hydrogen) atoms. The molecule has 0 fully saturated rings. The van der Waals surface area contributed by atoms with Crippen LogP contribution in [0, 0.1) is 6.92 Å². The Bertz CT molecular complexity index is 862. The SMILES string of the molecule is CCCCN(CCCC)c1cc(CN(C)CCN(C)C)cc(SN(C)C)c1Oc1ccc(C)cc1. The molecule has 5 nitrogen and oxygen atoms in total. The van der Waals surface area contributed by atoms with Crippen molar-refractivity contribution < 1.29 is 4.74 Å². The fourth-order valence-electron chi connectivity index (χ4n) is 3.87. The maximum Gasteiger partial charge on any atom is 0.165 e. The van der Waals surface area contributed by atoms with Crippen molar-refractivity contribution in [3.63, 3.8) is 0 Å². The van der Waals surface area contributed by atoms with Gasteiger partial charge in [0.15, 0.2) is 5.75 Å². The summed E-state index contributed by atoms with van der Waals surface area (Å²) in [5.41, 5.74) is 3.79. The van der Waals surface area contributed by atoms with Gasteiger partial charge in [0.05, 0.1) is 10.6 Å². The lowest BCUT2D eigenvalue weighted by Gasteiger charge is -2.30. The Labute approximate surface area is 219 Å². The Kier molecular flexibility index (Phi) is 13.0. The van der Waals surface area contributed by atoms with Crippen molar-refractivity contribution in [1.82, 2.24) is 14.1 Å². The molecule has 0 unspecified atom stereocenters. The predicted molar refractivity (Wildman–Crippen MR) is 154 cm³/mol. The van der Waals surface area contributed by atoms with Crippen LogP contribution in [0.15, 0.2) is 41.3 Å². The van der Waals surface area contributed by atoms with Gasteiger partial charge in [-0.05, 0) is 96.8 Å². The van der Waals surface area contributed by atoms with E-state index in [0.717, 1.165) is 44.2 Å². The standard InChI is InChI=1S/C29H48N4OS/c1-9-11-17-33(18-12-10-2)27-21-25(23-32(8)20-19-30(4)5)22-28(35-31(6)7)29(27)34-26-15-13-24(3)14-16-26/h13-16,21-22H,9-12,17-20,23H2,1-8H3. The van der Waals surface area contributed by atoms with Gasteiger partial charge in [-0.2, -0.15) is 0 Å². The van der Waals surface area contributed by atoms with Crippen molar-refractivity contribution in [2.45, 2.75) is 57.9 Å². The second-order valence-corrected chi connectivity index (χ2v) is 11.3. The summed E-state index contributed by atoms with van der Waals surface area (Å²) in [5.74, 6) is 1.86. The summed E-state index contributed by atoms with van der Waals surface area (Å²) >= 11 is 1.74. The fraction of sp³-hybridized carbons (Fsp3) is 0.586. The molecule has 0 saturated carbocycles. The van der Waals surface area contributed by atoms with Crippen molar-refractivity contribution in [2.75, 3.05) is 66.3 Å². The van der Waals surface area contributed by atoms with E-state index in [9.17, 15) is 0 Å². The van der Waals surface area contributed by atoms with Crippen LogP contribution in [-0.4, -0.2) is 75.5 Å². The van der Waals surface area contributed by atoms with Gasteiger partial charge in [-0.15, -0.1) is 0 Å². The molecule has 6 heteroatoms. The minimum atomic E-state index is 0.888. The van der Waals surface area contributed by atoms with Gasteiger partial charge in [-0.1, -0.05) is 44.4 Å². The molecule has 0 aliphatic heterocycles. The molecule has 0 amide bonds. The number of hydrogen-bond acceptors (Lipinski definition) is 6. The van der Waals surface area contributed by atoms with E-state index in [1.54, 1.807) is 11.9 Å². The number of ether oxygens (including phenoxy) is 1. The number of benzene rings is 2. The zero-order valence-electron chi connectivity index (χ0n) is 23.4. The zero-order chi connectivity index (χ0) is 25.8. The van der Waals surface area contributed by atoms with Gasteiger partial charge in [0.2, 0.25) is 0 Å². The van der Waals surface area contributed by atoms with Gasteiger partial charge < -0.3 is 19.4 Å². The quantitative estimate of drug-likeness (QED) is 0.236. The highest BCUT2D eigenvalue weighted by Crippen LogP contribution is 2.43. The van der Waals surface area contributed by atoms with E-state index < -0.39 is 0 Å². The van der Waals surface area contributed by atoms with E-state index in [0.29, 0.717) is 0 Å². The fourth-order valence-corrected chi connectivity index (χ4v) is 4.70. The second kappa shape index (κ2) is 15.4. The number of aryl methyl sites for hydroxylation is 1. The molecule has 2 aromatic rings. The Hall–Kier alpha value is -1.73. The third-order valence-electron chi connectivity index (χ3n) is 5.90. The summed E-state index contributed by atoms with van der Waals surface area (Å²) in [5, 5.41) is 0. The summed E-state index contributed by atoms with van der Waals surface area (Å²) in [4.78, 5) is 8.37. The largest absolute Gasteiger partial charge is 0.454 e. The van der Waals surface area contributed by atoms with Crippen LogP contribution in [0.5, 0.6) is 11.5 Å². The first-order valence-corrected chi connectivity index (χ1v) is 13.9. The molecular formula is C29H48N4OS. The van der Waals surface area contributed by atoms with Crippen LogP contribution >= 0.6 is 11.9 Å². The second-order valence-electron chi connectivity index (χ2n) is 10.00. The molecule has 0 aromatic heterocycles. The maximum absolute atomic E-state index is 6.67. The van der Waals surface area contributed by atoms with Gasteiger partial charge in [0.1, 0.15) is 5.75 Å². The molecule has 0 heterocycles. The first kappa shape index (κ1) is 29.5. The number of anilines is 1. The minimum absolute atomic E-state index is 0.888. The van der Waals surface area contributed by atoms with Crippen LogP contribution in [0.2, 0.25) is 0 Å². The van der Waals surface area contributed by atoms with E-state index in [1.165, 1.54) is 47.4 Å². The van der Waals surface area contributed by atoms with Crippen LogP contribution < -0.4 is 9.64 Å². The number of nitrogens with zero attached hydrogens (tertiary/aromatic N) is 4. The number of rotatable bonds is 16.